The van der Waals surface area contributed by atoms with Gasteiger partial charge in [0.1, 0.15) is 17.3 Å². The molecule has 0 aliphatic heterocycles. The zero-order valence-electron chi connectivity index (χ0n) is 11.6. The molecule has 0 spiro atoms. The van der Waals surface area contributed by atoms with E-state index in [2.05, 4.69) is 0 Å². The summed E-state index contributed by atoms with van der Waals surface area (Å²) in [6, 6.07) is 11.8. The molecule has 0 aliphatic rings. The fourth-order valence-corrected chi connectivity index (χ4v) is 2.27. The van der Waals surface area contributed by atoms with Crippen LogP contribution in [0.1, 0.15) is 17.2 Å². The first-order valence-corrected chi connectivity index (χ1v) is 6.37. The van der Waals surface area contributed by atoms with Crippen LogP contribution < -0.4 is 15.2 Å². The smallest absolute Gasteiger partial charge is 0.131 e. The highest BCUT2D eigenvalue weighted by Crippen LogP contribution is 2.30. The number of ether oxygens (including phenoxy) is 2. The van der Waals surface area contributed by atoms with E-state index in [4.69, 9.17) is 15.2 Å². The Labute approximate surface area is 118 Å². The van der Waals surface area contributed by atoms with E-state index in [0.717, 1.165) is 11.3 Å². The number of halogens is 1. The van der Waals surface area contributed by atoms with E-state index in [1.165, 1.54) is 13.2 Å². The Morgan fingerprint density at radius 1 is 1.00 bits per heavy atom. The second kappa shape index (κ2) is 6.39. The van der Waals surface area contributed by atoms with Gasteiger partial charge in [0.15, 0.2) is 0 Å². The Kier molecular flexibility index (Phi) is 4.58. The first-order chi connectivity index (χ1) is 9.67. The molecule has 0 aromatic heterocycles. The number of hydrogen-bond acceptors (Lipinski definition) is 3. The zero-order valence-corrected chi connectivity index (χ0v) is 11.6. The van der Waals surface area contributed by atoms with Gasteiger partial charge in [0, 0.05) is 11.6 Å². The van der Waals surface area contributed by atoms with E-state index in [9.17, 15) is 4.39 Å². The molecule has 0 aliphatic carbocycles. The monoisotopic (exact) mass is 275 g/mol. The number of methoxy groups -OCH3 is 2. The van der Waals surface area contributed by atoms with Crippen molar-refractivity contribution in [2.75, 3.05) is 14.2 Å². The Morgan fingerprint density at radius 3 is 2.35 bits per heavy atom. The third-order valence-corrected chi connectivity index (χ3v) is 3.24. The van der Waals surface area contributed by atoms with Crippen molar-refractivity contribution in [3.63, 3.8) is 0 Å². The topological polar surface area (TPSA) is 44.5 Å². The molecule has 20 heavy (non-hydrogen) atoms. The third kappa shape index (κ3) is 2.91. The molecule has 2 rings (SSSR count). The molecule has 2 aromatic carbocycles. The summed E-state index contributed by atoms with van der Waals surface area (Å²) in [5, 5.41) is 0. The van der Waals surface area contributed by atoms with Crippen molar-refractivity contribution in [3.05, 3.63) is 59.4 Å². The standard InChI is InChI=1S/C16H18FNO2/c1-19-14-8-4-3-6-11(14)10-13(18)16-12(17)7-5-9-15(16)20-2/h3-9,13H,10,18H2,1-2H3. The molecular weight excluding hydrogens is 257 g/mol. The summed E-state index contributed by atoms with van der Waals surface area (Å²) in [5.41, 5.74) is 7.48. The zero-order chi connectivity index (χ0) is 14.5. The minimum atomic E-state index is -0.498. The second-order valence-electron chi connectivity index (χ2n) is 4.48. The van der Waals surface area contributed by atoms with Crippen molar-refractivity contribution in [1.29, 1.82) is 0 Å². The highest BCUT2D eigenvalue weighted by Gasteiger charge is 2.18. The van der Waals surface area contributed by atoms with Gasteiger partial charge in [0.05, 0.1) is 14.2 Å². The van der Waals surface area contributed by atoms with E-state index in [-0.39, 0.29) is 5.82 Å². The van der Waals surface area contributed by atoms with Crippen LogP contribution in [-0.2, 0) is 6.42 Å². The average molecular weight is 275 g/mol. The van der Waals surface area contributed by atoms with Crippen LogP contribution in [0.25, 0.3) is 0 Å². The van der Waals surface area contributed by atoms with Crippen LogP contribution in [0.2, 0.25) is 0 Å². The van der Waals surface area contributed by atoms with Gasteiger partial charge in [-0.1, -0.05) is 24.3 Å². The van der Waals surface area contributed by atoms with E-state index in [1.54, 1.807) is 19.2 Å². The molecular formula is C16H18FNO2. The van der Waals surface area contributed by atoms with Gasteiger partial charge < -0.3 is 15.2 Å². The van der Waals surface area contributed by atoms with Gasteiger partial charge in [-0.3, -0.25) is 0 Å². The molecule has 1 unspecified atom stereocenters. The lowest BCUT2D eigenvalue weighted by molar-refractivity contribution is 0.395. The van der Waals surface area contributed by atoms with E-state index >= 15 is 0 Å². The van der Waals surface area contributed by atoms with Crippen LogP contribution in [0, 0.1) is 5.82 Å². The predicted octanol–water partition coefficient (Wildman–Crippen LogP) is 3.09. The summed E-state index contributed by atoms with van der Waals surface area (Å²) >= 11 is 0. The average Bonchev–Trinajstić information content (AvgIpc) is 2.47. The summed E-state index contributed by atoms with van der Waals surface area (Å²) in [6.45, 7) is 0. The molecule has 0 fully saturated rings. The van der Waals surface area contributed by atoms with Crippen molar-refractivity contribution in [2.45, 2.75) is 12.5 Å². The number of nitrogens with two attached hydrogens (primary N) is 1. The fourth-order valence-electron chi connectivity index (χ4n) is 2.27. The minimum absolute atomic E-state index is 0.355. The van der Waals surface area contributed by atoms with E-state index < -0.39 is 6.04 Å². The molecule has 0 saturated carbocycles. The molecule has 0 amide bonds. The minimum Gasteiger partial charge on any atom is -0.496 e. The van der Waals surface area contributed by atoms with Gasteiger partial charge in [-0.05, 0) is 30.2 Å². The lowest BCUT2D eigenvalue weighted by Crippen LogP contribution is -2.16. The molecule has 0 heterocycles. The van der Waals surface area contributed by atoms with Gasteiger partial charge in [0.2, 0.25) is 0 Å². The van der Waals surface area contributed by atoms with Crippen LogP contribution in [0.15, 0.2) is 42.5 Å². The molecule has 0 bridgehead atoms. The van der Waals surface area contributed by atoms with Crippen LogP contribution in [0.5, 0.6) is 11.5 Å². The fraction of sp³-hybridized carbons (Fsp3) is 0.250. The van der Waals surface area contributed by atoms with Gasteiger partial charge in [-0.25, -0.2) is 4.39 Å². The number of benzene rings is 2. The summed E-state index contributed by atoms with van der Waals surface area (Å²) in [7, 11) is 3.11. The molecule has 3 nitrogen and oxygen atoms in total. The highest BCUT2D eigenvalue weighted by atomic mass is 19.1. The predicted molar refractivity (Wildman–Crippen MR) is 76.6 cm³/mol. The summed E-state index contributed by atoms with van der Waals surface area (Å²) in [5.74, 6) is 0.859. The molecule has 1 atom stereocenters. The van der Waals surface area contributed by atoms with Crippen molar-refractivity contribution < 1.29 is 13.9 Å². The van der Waals surface area contributed by atoms with E-state index in [0.29, 0.717) is 17.7 Å². The van der Waals surface area contributed by atoms with Crippen molar-refractivity contribution >= 4 is 0 Å². The first-order valence-electron chi connectivity index (χ1n) is 6.37. The van der Waals surface area contributed by atoms with E-state index in [1.807, 2.05) is 24.3 Å². The van der Waals surface area contributed by atoms with Gasteiger partial charge in [-0.2, -0.15) is 0 Å². The maximum absolute atomic E-state index is 14.0. The Morgan fingerprint density at radius 2 is 1.65 bits per heavy atom. The van der Waals surface area contributed by atoms with Crippen molar-refractivity contribution in [3.8, 4) is 11.5 Å². The Hall–Kier alpha value is -2.07. The largest absolute Gasteiger partial charge is 0.496 e. The number of hydrogen-bond donors (Lipinski definition) is 1. The molecule has 0 radical (unpaired) electrons. The maximum Gasteiger partial charge on any atom is 0.131 e. The number of rotatable bonds is 5. The molecule has 2 N–H and O–H groups in total. The molecule has 2 aromatic rings. The van der Waals surface area contributed by atoms with Gasteiger partial charge >= 0.3 is 0 Å². The van der Waals surface area contributed by atoms with Crippen LogP contribution in [-0.4, -0.2) is 14.2 Å². The van der Waals surface area contributed by atoms with Gasteiger partial charge in [0.25, 0.3) is 0 Å². The third-order valence-electron chi connectivity index (χ3n) is 3.24. The highest BCUT2D eigenvalue weighted by molar-refractivity contribution is 5.40. The van der Waals surface area contributed by atoms with Crippen LogP contribution in [0.4, 0.5) is 4.39 Å². The second-order valence-corrected chi connectivity index (χ2v) is 4.48. The summed E-state index contributed by atoms with van der Waals surface area (Å²) < 4.78 is 24.5. The first kappa shape index (κ1) is 14.3. The molecule has 4 heteroatoms. The van der Waals surface area contributed by atoms with Crippen molar-refractivity contribution in [1.82, 2.24) is 0 Å². The summed E-state index contributed by atoms with van der Waals surface area (Å²) in [6.07, 6.45) is 0.474. The van der Waals surface area contributed by atoms with Crippen LogP contribution in [0.3, 0.4) is 0 Å². The lowest BCUT2D eigenvalue weighted by Gasteiger charge is -2.17. The normalized spacial score (nSPS) is 12.0. The maximum atomic E-state index is 14.0. The Balaban J connectivity index is 2.31. The lowest BCUT2D eigenvalue weighted by atomic mass is 9.98. The SMILES string of the molecule is COc1ccccc1CC(N)c1c(F)cccc1OC. The molecule has 0 saturated heterocycles. The van der Waals surface area contributed by atoms with Crippen LogP contribution >= 0.6 is 0 Å². The van der Waals surface area contributed by atoms with Gasteiger partial charge in [-0.15, -0.1) is 0 Å². The summed E-state index contributed by atoms with van der Waals surface area (Å²) in [4.78, 5) is 0. The van der Waals surface area contributed by atoms with Crippen molar-refractivity contribution in [2.24, 2.45) is 5.73 Å². The molecule has 106 valence electrons. The quantitative estimate of drug-likeness (QED) is 0.912. The Bertz CT molecular complexity index is 586. The number of para-hydroxylation sites is 1.